The van der Waals surface area contributed by atoms with Crippen LogP contribution in [-0.4, -0.2) is 43.4 Å². The van der Waals surface area contributed by atoms with Crippen LogP contribution in [0.2, 0.25) is 0 Å². The first-order valence-corrected chi connectivity index (χ1v) is 8.72. The van der Waals surface area contributed by atoms with Gasteiger partial charge in [-0.1, -0.05) is 20.8 Å². The summed E-state index contributed by atoms with van der Waals surface area (Å²) >= 11 is 0. The number of carbonyl (C=O) groups excluding carboxylic acids is 1. The highest BCUT2D eigenvalue weighted by molar-refractivity contribution is 6.00. The molecule has 3 aromatic heterocycles. The third-order valence-electron chi connectivity index (χ3n) is 4.95. The van der Waals surface area contributed by atoms with Crippen LogP contribution in [0, 0.1) is 5.41 Å². The van der Waals surface area contributed by atoms with E-state index in [2.05, 4.69) is 15.0 Å². The molecule has 0 bridgehead atoms. The van der Waals surface area contributed by atoms with Crippen LogP contribution in [0.3, 0.4) is 0 Å². The molecule has 0 radical (unpaired) electrons. The fourth-order valence-corrected chi connectivity index (χ4v) is 3.79. The minimum Gasteiger partial charge on any atom is -0.346 e. The number of rotatable bonds is 1. The number of hydrogen-bond acceptors (Lipinski definition) is 3. The van der Waals surface area contributed by atoms with Crippen molar-refractivity contribution < 1.29 is 4.79 Å². The van der Waals surface area contributed by atoms with Crippen molar-refractivity contribution in [1.29, 1.82) is 0 Å². The second kappa shape index (κ2) is 5.47. The Labute approximate surface area is 145 Å². The number of aromatic nitrogens is 4. The molecular weight excluding hydrogens is 318 g/mol. The van der Waals surface area contributed by atoms with Gasteiger partial charge in [0.05, 0.1) is 23.3 Å². The zero-order chi connectivity index (χ0) is 17.8. The van der Waals surface area contributed by atoms with E-state index < -0.39 is 5.41 Å². The van der Waals surface area contributed by atoms with E-state index in [4.69, 9.17) is 0 Å². The van der Waals surface area contributed by atoms with Gasteiger partial charge in [0.25, 0.3) is 0 Å². The fraction of sp³-hybridized carbons (Fsp3) is 0.500. The first-order chi connectivity index (χ1) is 11.9. The summed E-state index contributed by atoms with van der Waals surface area (Å²) in [4.78, 5) is 37.6. The summed E-state index contributed by atoms with van der Waals surface area (Å²) in [5, 5.41) is 0.926. The lowest BCUT2D eigenvalue weighted by atomic mass is 9.93. The van der Waals surface area contributed by atoms with Crippen molar-refractivity contribution in [3.8, 4) is 0 Å². The van der Waals surface area contributed by atoms with Gasteiger partial charge in [-0.2, -0.15) is 0 Å². The molecule has 4 rings (SSSR count). The third kappa shape index (κ3) is 2.54. The molecule has 3 aromatic rings. The molecule has 1 amide bonds. The Balaban J connectivity index is 1.79. The van der Waals surface area contributed by atoms with Crippen LogP contribution < -0.4 is 5.69 Å². The number of imidazole rings is 1. The van der Waals surface area contributed by atoms with E-state index in [-0.39, 0.29) is 17.6 Å². The topological polar surface area (TPSA) is 86.8 Å². The van der Waals surface area contributed by atoms with Gasteiger partial charge in [-0.3, -0.25) is 9.36 Å². The van der Waals surface area contributed by atoms with Crippen molar-refractivity contribution >= 4 is 28.0 Å². The van der Waals surface area contributed by atoms with E-state index in [1.54, 1.807) is 6.20 Å². The lowest BCUT2D eigenvalue weighted by molar-refractivity contribution is -0.141. The van der Waals surface area contributed by atoms with Crippen LogP contribution in [-0.2, 0) is 4.79 Å². The highest BCUT2D eigenvalue weighted by atomic mass is 16.2. The van der Waals surface area contributed by atoms with E-state index in [9.17, 15) is 9.59 Å². The minimum atomic E-state index is -0.412. The van der Waals surface area contributed by atoms with Crippen LogP contribution in [0.4, 0.5) is 0 Å². The van der Waals surface area contributed by atoms with Crippen molar-refractivity contribution in [3.05, 3.63) is 28.9 Å². The van der Waals surface area contributed by atoms with Crippen LogP contribution in [0.5, 0.6) is 0 Å². The van der Waals surface area contributed by atoms with Crippen molar-refractivity contribution in [2.75, 3.05) is 13.1 Å². The highest BCUT2D eigenvalue weighted by Crippen LogP contribution is 2.29. The van der Waals surface area contributed by atoms with Crippen LogP contribution >= 0.6 is 0 Å². The van der Waals surface area contributed by atoms with E-state index in [1.807, 2.05) is 42.5 Å². The van der Waals surface area contributed by atoms with Gasteiger partial charge < -0.3 is 14.9 Å². The molecule has 0 saturated carbocycles. The molecule has 0 unspecified atom stereocenters. The molecule has 0 aromatic carbocycles. The number of pyridine rings is 1. The Morgan fingerprint density at radius 3 is 2.92 bits per heavy atom. The molecule has 1 saturated heterocycles. The van der Waals surface area contributed by atoms with E-state index in [1.165, 1.54) is 0 Å². The SMILES string of the molecule is CC(C)(C)C(=O)N1CCC[C@@H](n2c(=O)[nH]c3cnc4[nH]ccc4c32)C1. The Bertz CT molecular complexity index is 1000. The first kappa shape index (κ1) is 15.9. The largest absolute Gasteiger partial charge is 0.346 e. The molecule has 1 aliphatic rings. The molecule has 0 aliphatic carbocycles. The predicted molar refractivity (Wildman–Crippen MR) is 96.5 cm³/mol. The van der Waals surface area contributed by atoms with Crippen LogP contribution in [0.1, 0.15) is 39.7 Å². The van der Waals surface area contributed by atoms with Gasteiger partial charge in [-0.25, -0.2) is 9.78 Å². The standard InChI is InChI=1S/C18H23N5O2/c1-18(2,3)16(24)22-8-4-5-11(10-22)23-14-12-6-7-19-15(12)20-9-13(14)21-17(23)25/h6-7,9,11H,4-5,8,10H2,1-3H3,(H,19,20)(H,21,25)/t11-/m1/s1. The van der Waals surface area contributed by atoms with Gasteiger partial charge in [0, 0.05) is 30.1 Å². The molecule has 132 valence electrons. The Morgan fingerprint density at radius 1 is 1.36 bits per heavy atom. The van der Waals surface area contributed by atoms with Crippen molar-refractivity contribution in [1.82, 2.24) is 24.4 Å². The van der Waals surface area contributed by atoms with Gasteiger partial charge in [-0.05, 0) is 18.9 Å². The van der Waals surface area contributed by atoms with Crippen molar-refractivity contribution in [2.45, 2.75) is 39.7 Å². The first-order valence-electron chi connectivity index (χ1n) is 8.72. The van der Waals surface area contributed by atoms with Gasteiger partial charge in [0.2, 0.25) is 5.91 Å². The lowest BCUT2D eigenvalue weighted by Crippen LogP contribution is -2.46. The Morgan fingerprint density at radius 2 is 2.16 bits per heavy atom. The fourth-order valence-electron chi connectivity index (χ4n) is 3.79. The number of likely N-dealkylation sites (tertiary alicyclic amines) is 1. The summed E-state index contributed by atoms with van der Waals surface area (Å²) in [5.41, 5.74) is 1.81. The number of carbonyl (C=O) groups is 1. The zero-order valence-electron chi connectivity index (χ0n) is 14.8. The number of nitrogens with one attached hydrogen (secondary N) is 2. The maximum absolute atomic E-state index is 12.7. The summed E-state index contributed by atoms with van der Waals surface area (Å²) < 4.78 is 1.81. The number of fused-ring (bicyclic) bond motifs is 3. The maximum atomic E-state index is 12.7. The minimum absolute atomic E-state index is 0.0261. The van der Waals surface area contributed by atoms with Crippen molar-refractivity contribution in [2.24, 2.45) is 5.41 Å². The molecule has 0 spiro atoms. The van der Waals surface area contributed by atoms with Gasteiger partial charge >= 0.3 is 5.69 Å². The number of nitrogens with zero attached hydrogens (tertiary/aromatic N) is 3. The maximum Gasteiger partial charge on any atom is 0.326 e. The second-order valence-corrected chi connectivity index (χ2v) is 7.86. The average Bonchev–Trinajstić information content (AvgIpc) is 3.16. The molecule has 4 heterocycles. The molecule has 1 atom stereocenters. The van der Waals surface area contributed by atoms with Crippen LogP contribution in [0.15, 0.2) is 23.3 Å². The zero-order valence-corrected chi connectivity index (χ0v) is 14.8. The normalized spacial score (nSPS) is 19.0. The number of piperidine rings is 1. The highest BCUT2D eigenvalue weighted by Gasteiger charge is 2.32. The quantitative estimate of drug-likeness (QED) is 0.712. The van der Waals surface area contributed by atoms with E-state index in [0.717, 1.165) is 41.5 Å². The van der Waals surface area contributed by atoms with Gasteiger partial charge in [-0.15, -0.1) is 0 Å². The lowest BCUT2D eigenvalue weighted by Gasteiger charge is -2.36. The van der Waals surface area contributed by atoms with E-state index >= 15 is 0 Å². The number of hydrogen-bond donors (Lipinski definition) is 2. The number of aromatic amines is 2. The smallest absolute Gasteiger partial charge is 0.326 e. The Kier molecular flexibility index (Phi) is 3.49. The summed E-state index contributed by atoms with van der Waals surface area (Å²) in [6.45, 7) is 7.13. The monoisotopic (exact) mass is 341 g/mol. The summed E-state index contributed by atoms with van der Waals surface area (Å²) in [6, 6.07) is 1.91. The van der Waals surface area contributed by atoms with Crippen molar-refractivity contribution in [3.63, 3.8) is 0 Å². The average molecular weight is 341 g/mol. The van der Waals surface area contributed by atoms with E-state index in [0.29, 0.717) is 6.54 Å². The second-order valence-electron chi connectivity index (χ2n) is 7.86. The molecule has 7 nitrogen and oxygen atoms in total. The van der Waals surface area contributed by atoms with Crippen LogP contribution in [0.25, 0.3) is 22.1 Å². The molecule has 1 aliphatic heterocycles. The molecule has 25 heavy (non-hydrogen) atoms. The Hall–Kier alpha value is -2.57. The van der Waals surface area contributed by atoms with Gasteiger partial charge in [0.1, 0.15) is 5.65 Å². The summed E-state index contributed by atoms with van der Waals surface area (Å²) in [7, 11) is 0. The molecule has 1 fully saturated rings. The third-order valence-corrected chi connectivity index (χ3v) is 4.95. The summed E-state index contributed by atoms with van der Waals surface area (Å²) in [5.74, 6) is 0.138. The molecule has 2 N–H and O–H groups in total. The predicted octanol–water partition coefficient (Wildman–Crippen LogP) is 2.42. The molecular formula is C18H23N5O2. The molecule has 7 heteroatoms. The van der Waals surface area contributed by atoms with Gasteiger partial charge in [0.15, 0.2) is 0 Å². The summed E-state index contributed by atoms with van der Waals surface area (Å²) in [6.07, 6.45) is 5.30. The number of H-pyrrole nitrogens is 2. The number of amides is 1.